The largest absolute Gasteiger partial charge is 0.480 e. The lowest BCUT2D eigenvalue weighted by molar-refractivity contribution is -0.139. The number of hydrogen-bond donors (Lipinski definition) is 19. The minimum absolute atomic E-state index is 0.0361. The fourth-order valence-electron chi connectivity index (χ4n) is 8.61. The molecule has 10 amide bonds. The van der Waals surface area contributed by atoms with E-state index >= 15 is 0 Å². The number of carboxylic acids is 1. The molecule has 32 nitrogen and oxygen atoms in total. The lowest BCUT2D eigenvalue weighted by Crippen LogP contribution is -2.63. The molecule has 0 spiro atoms. The summed E-state index contributed by atoms with van der Waals surface area (Å²) in [6, 6.07) is -6.63. The Labute approximate surface area is 489 Å². The number of fused-ring (bicyclic) bond motifs is 1. The number of hydrogen-bond acceptors (Lipinski definition) is 17. The maximum atomic E-state index is 14.1. The molecule has 2 aromatic heterocycles. The number of aliphatic imine (C=N–C) groups is 1. The van der Waals surface area contributed by atoms with Gasteiger partial charge in [-0.05, 0) is 75.8 Å². The summed E-state index contributed by atoms with van der Waals surface area (Å²) >= 11 is 0. The Kier molecular flexibility index (Phi) is 28.8. The first-order valence-electron chi connectivity index (χ1n) is 27.5. The maximum absolute atomic E-state index is 14.1. The topological polar surface area (TPSA) is 538 Å². The molecule has 23 N–H and O–H groups in total. The number of amides is 10. The highest BCUT2D eigenvalue weighted by atomic mass is 16.4. The summed E-state index contributed by atoms with van der Waals surface area (Å²) in [6.45, 7) is 7.30. The number of benzene rings is 1. The van der Waals surface area contributed by atoms with Crippen molar-refractivity contribution in [1.29, 1.82) is 0 Å². The molecule has 0 saturated heterocycles. The average Bonchev–Trinajstić information content (AvgIpc) is 4.24. The summed E-state index contributed by atoms with van der Waals surface area (Å²) < 4.78 is 0. The van der Waals surface area contributed by atoms with Crippen molar-refractivity contribution in [2.24, 2.45) is 39.8 Å². The zero-order chi connectivity index (χ0) is 63.7. The smallest absolute Gasteiger partial charge is 0.322 e. The maximum Gasteiger partial charge on any atom is 0.322 e. The van der Waals surface area contributed by atoms with Gasteiger partial charge in [0, 0.05) is 48.4 Å². The molecular formula is C53H83N17O15. The molecule has 0 aliphatic carbocycles. The number of nitrogens with one attached hydrogen (secondary N) is 11. The van der Waals surface area contributed by atoms with Gasteiger partial charge in [-0.1, -0.05) is 45.9 Å². The van der Waals surface area contributed by atoms with E-state index in [0.29, 0.717) is 11.3 Å². The third kappa shape index (κ3) is 24.2. The van der Waals surface area contributed by atoms with Gasteiger partial charge in [0.1, 0.15) is 54.9 Å². The number of aliphatic hydroxyl groups is 3. The fourth-order valence-corrected chi connectivity index (χ4v) is 8.61. The molecule has 0 saturated carbocycles. The van der Waals surface area contributed by atoms with E-state index in [1.165, 1.54) is 12.5 Å². The second-order valence-corrected chi connectivity index (χ2v) is 21.3. The van der Waals surface area contributed by atoms with E-state index in [9.17, 15) is 68.1 Å². The van der Waals surface area contributed by atoms with Gasteiger partial charge in [-0.2, -0.15) is 0 Å². The lowest BCUT2D eigenvalue weighted by atomic mass is 10.00. The van der Waals surface area contributed by atoms with Crippen molar-refractivity contribution in [3.63, 3.8) is 0 Å². The number of aliphatic hydroxyl groups excluding tert-OH is 3. The number of carbonyl (C=O) groups excluding carboxylic acids is 10. The van der Waals surface area contributed by atoms with Gasteiger partial charge in [-0.25, -0.2) is 4.98 Å². The summed E-state index contributed by atoms with van der Waals surface area (Å²) in [5, 5.41) is 63.7. The zero-order valence-electron chi connectivity index (χ0n) is 48.3. The number of carbonyl (C=O) groups is 11. The van der Waals surface area contributed by atoms with E-state index in [1.807, 2.05) is 24.3 Å². The SMILES string of the molecule is CC(C)C[C@H](NC(=O)[C@H](CO)NC(=O)[C@H](CCC(N)=O)NC(=O)[C@@H](N)Cc1c[nH]c2ccccc12)C(=O)N[C@H](C(=O)N[C@@H](CC(C)C)C(=O)N[C@H](C(=O)N[C@@H](Cc1cnc[nH]1)C(=O)N[C@@H](CCCN=C(N)N)C(=O)NCC(=O)O)[C@@H](C)O)[C@@H](C)O. The van der Waals surface area contributed by atoms with Crippen molar-refractivity contribution in [1.82, 2.24) is 62.8 Å². The molecule has 2 heterocycles. The second kappa shape index (κ2) is 34.8. The summed E-state index contributed by atoms with van der Waals surface area (Å²) in [4.78, 5) is 161. The summed E-state index contributed by atoms with van der Waals surface area (Å²) in [5.74, 6) is -12.1. The number of nitrogens with zero attached hydrogens (tertiary/aromatic N) is 2. The quantitative estimate of drug-likeness (QED) is 0.0145. The van der Waals surface area contributed by atoms with Crippen LogP contribution in [0.1, 0.15) is 91.3 Å². The predicted molar refractivity (Wildman–Crippen MR) is 306 cm³/mol. The summed E-state index contributed by atoms with van der Waals surface area (Å²) in [5.41, 5.74) is 24.2. The number of carboxylic acid groups (broad SMARTS) is 1. The van der Waals surface area contributed by atoms with Crippen molar-refractivity contribution in [3.05, 3.63) is 54.2 Å². The van der Waals surface area contributed by atoms with Crippen LogP contribution in [0.2, 0.25) is 0 Å². The molecule has 470 valence electrons. The lowest BCUT2D eigenvalue weighted by Gasteiger charge is -2.30. The van der Waals surface area contributed by atoms with Crippen molar-refractivity contribution in [3.8, 4) is 0 Å². The molecule has 0 bridgehead atoms. The van der Waals surface area contributed by atoms with Crippen LogP contribution in [-0.4, -0.2) is 193 Å². The first kappa shape index (κ1) is 70.5. The Hall–Kier alpha value is -8.75. The average molecular weight is 1200 g/mol. The molecule has 0 unspecified atom stereocenters. The van der Waals surface area contributed by atoms with Crippen LogP contribution in [0, 0.1) is 11.8 Å². The van der Waals surface area contributed by atoms with Gasteiger partial charge < -0.3 is 101 Å². The zero-order valence-corrected chi connectivity index (χ0v) is 48.3. The molecule has 0 fully saturated rings. The minimum Gasteiger partial charge on any atom is -0.480 e. The standard InChI is InChI=1S/C53H83N17O15/c1-25(2)16-36(65-50(83)39(23-71)68-46(79)35(13-14-40(55)74)63-44(77)32(54)18-29-20-60-33-11-8-7-10-31(29)33)48(81)69-42(27(5)72)51(84)66-37(17-26(3)4)49(82)70-43(28(6)73)52(85)67-38(19-30-21-58-24-62-30)47(80)64-34(12-9-15-59-53(56)57)45(78)61-22-41(75)76/h7-8,10-11,20-21,24-28,32,34-39,42-43,60,71-73H,9,12-19,22-23,54H2,1-6H3,(H2,55,74)(H,58,62)(H,61,78)(H,63,77)(H,64,80)(H,65,83)(H,66,84)(H,67,85)(H,68,79)(H,69,81)(H,70,82)(H,75,76)(H4,56,57,59)/t27-,28-,32+,34+,35+,36+,37+,38+,39+,42+,43+/m1/s1. The number of H-pyrrole nitrogens is 2. The van der Waals surface area contributed by atoms with E-state index in [1.54, 1.807) is 33.9 Å². The Morgan fingerprint density at radius 2 is 1.09 bits per heavy atom. The minimum atomic E-state index is -1.81. The van der Waals surface area contributed by atoms with Crippen LogP contribution >= 0.6 is 0 Å². The second-order valence-electron chi connectivity index (χ2n) is 21.3. The van der Waals surface area contributed by atoms with Crippen LogP contribution < -0.4 is 70.8 Å². The van der Waals surface area contributed by atoms with Crippen molar-refractivity contribution in [2.75, 3.05) is 19.7 Å². The Morgan fingerprint density at radius 1 is 0.600 bits per heavy atom. The monoisotopic (exact) mass is 1200 g/mol. The summed E-state index contributed by atoms with van der Waals surface area (Å²) in [6.07, 6.45) is -0.0919. The third-order valence-electron chi connectivity index (χ3n) is 13.0. The molecular weight excluding hydrogens is 1110 g/mol. The van der Waals surface area contributed by atoms with Crippen LogP contribution in [0.25, 0.3) is 10.9 Å². The van der Waals surface area contributed by atoms with Gasteiger partial charge in [-0.3, -0.25) is 57.7 Å². The van der Waals surface area contributed by atoms with E-state index < -0.39 is 145 Å². The molecule has 0 radical (unpaired) electrons. The van der Waals surface area contributed by atoms with Crippen LogP contribution in [0.5, 0.6) is 0 Å². The number of primary amides is 1. The number of imidazole rings is 1. The predicted octanol–water partition coefficient (Wildman–Crippen LogP) is -5.75. The number of aromatic nitrogens is 3. The molecule has 0 aliphatic heterocycles. The molecule has 85 heavy (non-hydrogen) atoms. The van der Waals surface area contributed by atoms with Gasteiger partial charge in [0.05, 0.1) is 31.2 Å². The molecule has 3 aromatic rings. The van der Waals surface area contributed by atoms with Gasteiger partial charge in [0.25, 0.3) is 0 Å². The van der Waals surface area contributed by atoms with E-state index in [4.69, 9.17) is 28.0 Å². The Bertz CT molecular complexity index is 2780. The number of aliphatic carboxylic acids is 1. The number of guanidine groups is 1. The molecule has 32 heteroatoms. The number of aromatic amines is 2. The van der Waals surface area contributed by atoms with E-state index in [-0.39, 0.29) is 75.7 Å². The molecule has 1 aromatic carbocycles. The van der Waals surface area contributed by atoms with E-state index in [0.717, 1.165) is 24.8 Å². The van der Waals surface area contributed by atoms with Crippen molar-refractivity contribution >= 4 is 81.9 Å². The van der Waals surface area contributed by atoms with Gasteiger partial charge >= 0.3 is 5.97 Å². The van der Waals surface area contributed by atoms with Crippen LogP contribution in [0.4, 0.5) is 0 Å². The van der Waals surface area contributed by atoms with Crippen molar-refractivity contribution < 1.29 is 73.2 Å². The van der Waals surface area contributed by atoms with Gasteiger partial charge in [0.15, 0.2) is 5.96 Å². The normalized spacial score (nSPS) is 15.2. The number of nitrogens with two attached hydrogens (primary N) is 4. The van der Waals surface area contributed by atoms with Crippen molar-refractivity contribution in [2.45, 2.75) is 159 Å². The molecule has 3 rings (SSSR count). The van der Waals surface area contributed by atoms with E-state index in [2.05, 4.69) is 67.8 Å². The third-order valence-corrected chi connectivity index (χ3v) is 13.0. The number of rotatable bonds is 37. The Morgan fingerprint density at radius 3 is 1.61 bits per heavy atom. The van der Waals surface area contributed by atoms with Gasteiger partial charge in [-0.15, -0.1) is 0 Å². The molecule has 0 aliphatic rings. The highest BCUT2D eigenvalue weighted by Gasteiger charge is 2.38. The van der Waals surface area contributed by atoms with Crippen LogP contribution in [-0.2, 0) is 65.6 Å². The first-order chi connectivity index (χ1) is 40.0. The number of para-hydroxylation sites is 1. The first-order valence-corrected chi connectivity index (χ1v) is 27.5. The summed E-state index contributed by atoms with van der Waals surface area (Å²) in [7, 11) is 0. The fraction of sp³-hybridized carbons (Fsp3) is 0.566. The van der Waals surface area contributed by atoms with Crippen LogP contribution in [0.3, 0.4) is 0 Å². The van der Waals surface area contributed by atoms with Gasteiger partial charge in [0.2, 0.25) is 59.1 Å². The highest BCUT2D eigenvalue weighted by Crippen LogP contribution is 2.19. The van der Waals surface area contributed by atoms with Crippen LogP contribution in [0.15, 0.2) is 48.0 Å². The molecule has 11 atom stereocenters. The Balaban J connectivity index is 1.79. The highest BCUT2D eigenvalue weighted by molar-refractivity contribution is 5.99.